The summed E-state index contributed by atoms with van der Waals surface area (Å²) in [5, 5.41) is 10.1. The summed E-state index contributed by atoms with van der Waals surface area (Å²) in [5.74, 6) is 0. The molecule has 0 aliphatic heterocycles. The average molecular weight is 525 g/mol. The zero-order chi connectivity index (χ0) is 26.9. The van der Waals surface area contributed by atoms with Crippen molar-refractivity contribution in [1.29, 1.82) is 0 Å². The molecule has 0 saturated heterocycles. The molecule has 0 saturated carbocycles. The molecule has 41 heavy (non-hydrogen) atoms. The minimum Gasteiger partial charge on any atom is -0.455 e. The van der Waals surface area contributed by atoms with Gasteiger partial charge in [0.05, 0.1) is 0 Å². The van der Waals surface area contributed by atoms with Crippen molar-refractivity contribution in [3.8, 4) is 22.3 Å². The van der Waals surface area contributed by atoms with Crippen molar-refractivity contribution in [2.24, 2.45) is 0 Å². The van der Waals surface area contributed by atoms with Gasteiger partial charge < -0.3 is 4.42 Å². The Hall–Kier alpha value is -4.88. The minimum absolute atomic E-state index is 0.965. The van der Waals surface area contributed by atoms with Crippen molar-refractivity contribution in [3.05, 3.63) is 132 Å². The number of aryl methyl sites for hydroxylation is 1. The van der Waals surface area contributed by atoms with Crippen LogP contribution < -0.4 is 0 Å². The van der Waals surface area contributed by atoms with E-state index in [9.17, 15) is 0 Å². The number of furan rings is 1. The summed E-state index contributed by atoms with van der Waals surface area (Å²) in [7, 11) is 0. The summed E-state index contributed by atoms with van der Waals surface area (Å²) in [6, 6.07) is 44.5. The summed E-state index contributed by atoms with van der Waals surface area (Å²) >= 11 is 0. The normalized spacial score (nSPS) is 13.5. The first-order chi connectivity index (χ1) is 20.3. The highest BCUT2D eigenvalue weighted by Gasteiger charge is 2.26. The maximum Gasteiger partial charge on any atom is 0.143 e. The van der Waals surface area contributed by atoms with Crippen LogP contribution >= 0.6 is 0 Å². The first-order valence-electron chi connectivity index (χ1n) is 14.7. The van der Waals surface area contributed by atoms with E-state index >= 15 is 0 Å². The smallest absolute Gasteiger partial charge is 0.143 e. The van der Waals surface area contributed by atoms with Gasteiger partial charge in [-0.3, -0.25) is 0 Å². The number of hydrogen-bond acceptors (Lipinski definition) is 1. The molecule has 0 atom stereocenters. The molecule has 194 valence electrons. The van der Waals surface area contributed by atoms with Crippen LogP contribution in [-0.4, -0.2) is 0 Å². The number of benzene rings is 7. The van der Waals surface area contributed by atoms with Gasteiger partial charge in [-0.2, -0.15) is 0 Å². The highest BCUT2D eigenvalue weighted by molar-refractivity contribution is 6.25. The lowest BCUT2D eigenvalue weighted by Gasteiger charge is -2.23. The van der Waals surface area contributed by atoms with Crippen LogP contribution in [0, 0.1) is 0 Å². The predicted molar refractivity (Wildman–Crippen MR) is 174 cm³/mol. The second-order valence-electron chi connectivity index (χ2n) is 11.5. The molecule has 7 aromatic carbocycles. The molecule has 0 spiro atoms. The Bertz CT molecular complexity index is 2260. The molecular formula is C40H28O. The lowest BCUT2D eigenvalue weighted by molar-refractivity contribution is 0.661. The second kappa shape index (κ2) is 8.81. The molecule has 1 heterocycles. The van der Waals surface area contributed by atoms with Crippen molar-refractivity contribution >= 4 is 54.3 Å². The Morgan fingerprint density at radius 2 is 1.05 bits per heavy atom. The largest absolute Gasteiger partial charge is 0.455 e. The number of hydrogen-bond donors (Lipinski definition) is 0. The van der Waals surface area contributed by atoms with E-state index in [1.54, 1.807) is 0 Å². The van der Waals surface area contributed by atoms with Gasteiger partial charge in [-0.05, 0) is 98.5 Å². The van der Waals surface area contributed by atoms with Gasteiger partial charge in [0.1, 0.15) is 11.2 Å². The molecule has 0 bridgehead atoms. The molecule has 0 unspecified atom stereocenters. The zero-order valence-corrected chi connectivity index (χ0v) is 22.8. The van der Waals surface area contributed by atoms with Gasteiger partial charge in [-0.1, -0.05) is 103 Å². The van der Waals surface area contributed by atoms with Crippen LogP contribution in [0.25, 0.3) is 76.5 Å². The third-order valence-corrected chi connectivity index (χ3v) is 9.21. The van der Waals surface area contributed by atoms with Gasteiger partial charge in [0, 0.05) is 21.9 Å². The Morgan fingerprint density at radius 1 is 0.439 bits per heavy atom. The monoisotopic (exact) mass is 524 g/mol. The molecule has 0 fully saturated rings. The lowest BCUT2D eigenvalue weighted by atomic mass is 9.80. The van der Waals surface area contributed by atoms with E-state index in [4.69, 9.17) is 4.42 Å². The standard InChI is InChI=1S/C40H28O/c1-2-12-26-23-28(22-21-25(26)11-1)37-31-16-5-7-18-33(31)38(34-19-8-6-17-32(34)37)39-29-14-4-3-13-27(29)24-35-30-15-9-10-20-36(30)41-40(35)39/h1-2,5-12,15-24H,3-4,13-14H2. The predicted octanol–water partition coefficient (Wildman–Crippen LogP) is 11.3. The van der Waals surface area contributed by atoms with E-state index in [1.165, 1.54) is 89.3 Å². The quantitative estimate of drug-likeness (QED) is 0.205. The number of para-hydroxylation sites is 1. The molecule has 0 N–H and O–H groups in total. The Balaban J connectivity index is 1.47. The molecule has 1 aliphatic carbocycles. The molecule has 1 aliphatic rings. The highest BCUT2D eigenvalue weighted by atomic mass is 16.3. The van der Waals surface area contributed by atoms with Crippen LogP contribution in [0.5, 0.6) is 0 Å². The lowest BCUT2D eigenvalue weighted by Crippen LogP contribution is -2.05. The van der Waals surface area contributed by atoms with Gasteiger partial charge in [-0.15, -0.1) is 0 Å². The van der Waals surface area contributed by atoms with E-state index in [-0.39, 0.29) is 0 Å². The van der Waals surface area contributed by atoms with E-state index in [0.29, 0.717) is 0 Å². The van der Waals surface area contributed by atoms with Crippen LogP contribution in [0.15, 0.2) is 126 Å². The topological polar surface area (TPSA) is 13.1 Å². The van der Waals surface area contributed by atoms with Gasteiger partial charge in [0.25, 0.3) is 0 Å². The number of fused-ring (bicyclic) bond motifs is 7. The molecule has 1 heteroatoms. The van der Waals surface area contributed by atoms with E-state index in [2.05, 4.69) is 121 Å². The van der Waals surface area contributed by atoms with Crippen molar-refractivity contribution in [2.75, 3.05) is 0 Å². The van der Waals surface area contributed by atoms with E-state index < -0.39 is 0 Å². The average Bonchev–Trinajstić information content (AvgIpc) is 3.41. The van der Waals surface area contributed by atoms with Gasteiger partial charge >= 0.3 is 0 Å². The SMILES string of the molecule is c1ccc2cc(-c3c4ccccc4c(-c4c5c(cc6c4oc4ccccc46)CCCC5)c4ccccc34)ccc2c1. The molecule has 1 nitrogen and oxygen atoms in total. The maximum atomic E-state index is 6.76. The molecule has 1 aromatic heterocycles. The van der Waals surface area contributed by atoms with Crippen molar-refractivity contribution in [3.63, 3.8) is 0 Å². The Kier molecular flexibility index (Phi) is 4.92. The summed E-state index contributed by atoms with van der Waals surface area (Å²) in [5.41, 5.74) is 10.1. The minimum atomic E-state index is 0.965. The van der Waals surface area contributed by atoms with Crippen LogP contribution in [0.2, 0.25) is 0 Å². The highest BCUT2D eigenvalue weighted by Crippen LogP contribution is 2.49. The van der Waals surface area contributed by atoms with Crippen LogP contribution in [0.1, 0.15) is 24.0 Å². The molecule has 0 radical (unpaired) electrons. The molecular weight excluding hydrogens is 496 g/mol. The van der Waals surface area contributed by atoms with Crippen molar-refractivity contribution in [2.45, 2.75) is 25.7 Å². The Morgan fingerprint density at radius 3 is 1.80 bits per heavy atom. The van der Waals surface area contributed by atoms with Crippen molar-refractivity contribution < 1.29 is 4.42 Å². The van der Waals surface area contributed by atoms with Crippen LogP contribution in [-0.2, 0) is 12.8 Å². The third kappa shape index (κ3) is 3.36. The first kappa shape index (κ1) is 22.9. The number of rotatable bonds is 2. The molecule has 9 rings (SSSR count). The third-order valence-electron chi connectivity index (χ3n) is 9.21. The van der Waals surface area contributed by atoms with Gasteiger partial charge in [0.2, 0.25) is 0 Å². The summed E-state index contributed by atoms with van der Waals surface area (Å²) in [6.07, 6.45) is 4.68. The fourth-order valence-corrected chi connectivity index (χ4v) is 7.40. The fraction of sp³-hybridized carbons (Fsp3) is 0.100. The summed E-state index contributed by atoms with van der Waals surface area (Å²) in [4.78, 5) is 0. The van der Waals surface area contributed by atoms with E-state index in [0.717, 1.165) is 24.0 Å². The Labute approximate surface area is 238 Å². The maximum absolute atomic E-state index is 6.76. The van der Waals surface area contributed by atoms with Crippen LogP contribution in [0.4, 0.5) is 0 Å². The van der Waals surface area contributed by atoms with Crippen LogP contribution in [0.3, 0.4) is 0 Å². The van der Waals surface area contributed by atoms with Gasteiger partial charge in [0.15, 0.2) is 0 Å². The van der Waals surface area contributed by atoms with Gasteiger partial charge in [-0.25, -0.2) is 0 Å². The second-order valence-corrected chi connectivity index (χ2v) is 11.5. The first-order valence-corrected chi connectivity index (χ1v) is 14.7. The van der Waals surface area contributed by atoms with Crippen molar-refractivity contribution in [1.82, 2.24) is 0 Å². The van der Waals surface area contributed by atoms with E-state index in [1.807, 2.05) is 0 Å². The summed E-state index contributed by atoms with van der Waals surface area (Å²) < 4.78 is 6.76. The zero-order valence-electron chi connectivity index (χ0n) is 22.8. The fourth-order valence-electron chi connectivity index (χ4n) is 7.40. The summed E-state index contributed by atoms with van der Waals surface area (Å²) in [6.45, 7) is 0. The molecule has 0 amide bonds. The molecule has 8 aromatic rings.